The summed E-state index contributed by atoms with van der Waals surface area (Å²) < 4.78 is 19.6. The number of aromatic nitrogens is 1. The summed E-state index contributed by atoms with van der Waals surface area (Å²) in [6.07, 6.45) is 2.96. The second kappa shape index (κ2) is 8.07. The van der Waals surface area contributed by atoms with Gasteiger partial charge in [0.15, 0.2) is 5.58 Å². The number of carbonyl (C=O) groups is 1. The maximum Gasteiger partial charge on any atom is 0.248 e. The van der Waals surface area contributed by atoms with Gasteiger partial charge in [0.1, 0.15) is 11.3 Å². The van der Waals surface area contributed by atoms with E-state index in [4.69, 9.17) is 27.6 Å². The summed E-state index contributed by atoms with van der Waals surface area (Å²) in [5, 5.41) is 3.72. The van der Waals surface area contributed by atoms with Crippen LogP contribution in [-0.4, -0.2) is 10.9 Å². The Bertz CT molecular complexity index is 1250. The normalized spacial score (nSPS) is 11.3. The maximum atomic E-state index is 13.9. The SMILES string of the molecule is O=C(C=Cc1ccc(Cl)cc1Cl)Nc1ccc2oc(-c3ccccc3F)nc2c1. The van der Waals surface area contributed by atoms with Crippen LogP contribution in [0.25, 0.3) is 28.6 Å². The van der Waals surface area contributed by atoms with Gasteiger partial charge in [-0.25, -0.2) is 9.37 Å². The van der Waals surface area contributed by atoms with E-state index in [9.17, 15) is 9.18 Å². The van der Waals surface area contributed by atoms with Gasteiger partial charge in [0.25, 0.3) is 0 Å². The Kier molecular flexibility index (Phi) is 5.34. The highest BCUT2D eigenvalue weighted by Crippen LogP contribution is 2.28. The van der Waals surface area contributed by atoms with E-state index in [-0.39, 0.29) is 17.4 Å². The fraction of sp³-hybridized carbons (Fsp3) is 0. The van der Waals surface area contributed by atoms with Gasteiger partial charge in [-0.05, 0) is 54.1 Å². The van der Waals surface area contributed by atoms with E-state index in [0.717, 1.165) is 0 Å². The predicted octanol–water partition coefficient (Wildman–Crippen LogP) is 6.59. The highest BCUT2D eigenvalue weighted by atomic mass is 35.5. The Morgan fingerprint density at radius 2 is 1.90 bits per heavy atom. The summed E-state index contributed by atoms with van der Waals surface area (Å²) in [5.74, 6) is -0.578. The van der Waals surface area contributed by atoms with Gasteiger partial charge in [0.05, 0.1) is 5.56 Å². The first-order valence-electron chi connectivity index (χ1n) is 8.59. The Balaban J connectivity index is 1.53. The molecule has 0 atom stereocenters. The monoisotopic (exact) mass is 426 g/mol. The number of fused-ring (bicyclic) bond motifs is 1. The number of nitrogens with zero attached hydrogens (tertiary/aromatic N) is 1. The molecule has 0 saturated carbocycles. The van der Waals surface area contributed by atoms with Crippen molar-refractivity contribution in [2.45, 2.75) is 0 Å². The van der Waals surface area contributed by atoms with Crippen molar-refractivity contribution < 1.29 is 13.6 Å². The van der Waals surface area contributed by atoms with Gasteiger partial charge in [-0.1, -0.05) is 41.4 Å². The summed E-state index contributed by atoms with van der Waals surface area (Å²) >= 11 is 12.0. The first-order chi connectivity index (χ1) is 14.0. The smallest absolute Gasteiger partial charge is 0.248 e. The molecule has 0 bridgehead atoms. The van der Waals surface area contributed by atoms with Crippen LogP contribution in [0.3, 0.4) is 0 Å². The number of oxazole rings is 1. The average molecular weight is 427 g/mol. The molecule has 0 unspecified atom stereocenters. The molecule has 0 spiro atoms. The van der Waals surface area contributed by atoms with Crippen molar-refractivity contribution in [1.82, 2.24) is 4.98 Å². The molecule has 29 heavy (non-hydrogen) atoms. The number of amides is 1. The fourth-order valence-electron chi connectivity index (χ4n) is 2.74. The van der Waals surface area contributed by atoms with Crippen LogP contribution in [-0.2, 0) is 4.79 Å². The molecule has 3 aromatic carbocycles. The molecule has 0 aliphatic rings. The molecular formula is C22H13Cl2FN2O2. The molecule has 1 heterocycles. The molecule has 0 aliphatic heterocycles. The van der Waals surface area contributed by atoms with Gasteiger partial charge in [0, 0.05) is 21.8 Å². The van der Waals surface area contributed by atoms with Crippen LogP contribution in [0.15, 0.2) is 71.2 Å². The van der Waals surface area contributed by atoms with Crippen LogP contribution in [0, 0.1) is 5.82 Å². The lowest BCUT2D eigenvalue weighted by Gasteiger charge is -2.02. The fourth-order valence-corrected chi connectivity index (χ4v) is 3.21. The van der Waals surface area contributed by atoms with Crippen molar-refractivity contribution in [3.05, 3.63) is 88.2 Å². The lowest BCUT2D eigenvalue weighted by atomic mass is 10.2. The molecule has 1 N–H and O–H groups in total. The Hall–Kier alpha value is -3.15. The molecule has 4 nitrogen and oxygen atoms in total. The second-order valence-electron chi connectivity index (χ2n) is 6.17. The number of nitrogens with one attached hydrogen (secondary N) is 1. The molecule has 0 saturated heterocycles. The lowest BCUT2D eigenvalue weighted by Crippen LogP contribution is -2.07. The number of hydrogen-bond donors (Lipinski definition) is 1. The first-order valence-corrected chi connectivity index (χ1v) is 9.35. The van der Waals surface area contributed by atoms with E-state index in [1.54, 1.807) is 60.7 Å². The number of rotatable bonds is 4. The number of hydrogen-bond acceptors (Lipinski definition) is 3. The van der Waals surface area contributed by atoms with E-state index in [0.29, 0.717) is 32.4 Å². The zero-order valence-electron chi connectivity index (χ0n) is 14.8. The minimum absolute atomic E-state index is 0.179. The van der Waals surface area contributed by atoms with E-state index < -0.39 is 5.82 Å². The second-order valence-corrected chi connectivity index (χ2v) is 7.01. The van der Waals surface area contributed by atoms with Gasteiger partial charge in [-0.2, -0.15) is 0 Å². The minimum atomic E-state index is -0.418. The van der Waals surface area contributed by atoms with Crippen LogP contribution >= 0.6 is 23.2 Å². The van der Waals surface area contributed by atoms with E-state index in [1.807, 2.05) is 0 Å². The van der Waals surface area contributed by atoms with E-state index in [2.05, 4.69) is 10.3 Å². The summed E-state index contributed by atoms with van der Waals surface area (Å²) in [7, 11) is 0. The molecule has 1 aromatic heterocycles. The van der Waals surface area contributed by atoms with Crippen LogP contribution in [0.5, 0.6) is 0 Å². The highest BCUT2D eigenvalue weighted by Gasteiger charge is 2.12. The van der Waals surface area contributed by atoms with Crippen molar-refractivity contribution in [2.75, 3.05) is 5.32 Å². The summed E-state index contributed by atoms with van der Waals surface area (Å²) in [5.41, 5.74) is 2.48. The zero-order valence-corrected chi connectivity index (χ0v) is 16.3. The molecular weight excluding hydrogens is 414 g/mol. The number of carbonyl (C=O) groups excluding carboxylic acids is 1. The molecule has 0 radical (unpaired) electrons. The molecule has 144 valence electrons. The molecule has 1 amide bonds. The van der Waals surface area contributed by atoms with Gasteiger partial charge in [-0.3, -0.25) is 4.79 Å². The molecule has 4 rings (SSSR count). The van der Waals surface area contributed by atoms with Gasteiger partial charge in [-0.15, -0.1) is 0 Å². The summed E-state index contributed by atoms with van der Waals surface area (Å²) in [6.45, 7) is 0. The lowest BCUT2D eigenvalue weighted by molar-refractivity contribution is -0.111. The van der Waals surface area contributed by atoms with Gasteiger partial charge in [0.2, 0.25) is 11.8 Å². The molecule has 7 heteroatoms. The van der Waals surface area contributed by atoms with Crippen LogP contribution in [0.1, 0.15) is 5.56 Å². The van der Waals surface area contributed by atoms with Crippen molar-refractivity contribution in [3.63, 3.8) is 0 Å². The first kappa shape index (κ1) is 19.2. The standard InChI is InChI=1S/C22H13Cl2FN2O2/c23-14-7-5-13(17(24)11-14)6-10-21(28)26-15-8-9-20-19(12-15)27-22(29-20)16-3-1-2-4-18(16)25/h1-12H,(H,26,28). The third-order valence-electron chi connectivity index (χ3n) is 4.14. The largest absolute Gasteiger partial charge is 0.436 e. The third kappa shape index (κ3) is 4.31. The Morgan fingerprint density at radius 3 is 2.69 bits per heavy atom. The Morgan fingerprint density at radius 1 is 1.07 bits per heavy atom. The maximum absolute atomic E-state index is 13.9. The molecule has 4 aromatic rings. The third-order valence-corrected chi connectivity index (χ3v) is 4.70. The van der Waals surface area contributed by atoms with E-state index in [1.165, 1.54) is 12.1 Å². The van der Waals surface area contributed by atoms with E-state index >= 15 is 0 Å². The summed E-state index contributed by atoms with van der Waals surface area (Å²) in [6, 6.07) is 16.3. The average Bonchev–Trinajstić information content (AvgIpc) is 3.10. The predicted molar refractivity (Wildman–Crippen MR) is 114 cm³/mol. The molecule has 0 fully saturated rings. The number of halogens is 3. The van der Waals surface area contributed by atoms with Gasteiger partial charge >= 0.3 is 0 Å². The van der Waals surface area contributed by atoms with Gasteiger partial charge < -0.3 is 9.73 Å². The van der Waals surface area contributed by atoms with Crippen LogP contribution in [0.4, 0.5) is 10.1 Å². The topological polar surface area (TPSA) is 55.1 Å². The zero-order chi connectivity index (χ0) is 20.4. The Labute approximate surface area is 175 Å². The number of benzene rings is 3. The van der Waals surface area contributed by atoms with Crippen molar-refractivity contribution in [1.29, 1.82) is 0 Å². The van der Waals surface area contributed by atoms with Crippen molar-refractivity contribution in [2.24, 2.45) is 0 Å². The van der Waals surface area contributed by atoms with Crippen molar-refractivity contribution in [3.8, 4) is 11.5 Å². The van der Waals surface area contributed by atoms with Crippen LogP contribution < -0.4 is 5.32 Å². The van der Waals surface area contributed by atoms with Crippen molar-refractivity contribution >= 4 is 52.0 Å². The molecule has 0 aliphatic carbocycles. The van der Waals surface area contributed by atoms with Crippen LogP contribution in [0.2, 0.25) is 10.0 Å². The quantitative estimate of drug-likeness (QED) is 0.374. The summed E-state index contributed by atoms with van der Waals surface area (Å²) in [4.78, 5) is 16.5. The number of anilines is 1. The minimum Gasteiger partial charge on any atom is -0.436 e. The highest BCUT2D eigenvalue weighted by molar-refractivity contribution is 6.35.